The summed E-state index contributed by atoms with van der Waals surface area (Å²) in [4.78, 5) is 38.3. The van der Waals surface area contributed by atoms with Crippen molar-refractivity contribution in [1.82, 2.24) is 4.90 Å². The van der Waals surface area contributed by atoms with Crippen molar-refractivity contribution >= 4 is 52.2 Å². The number of amides is 3. The summed E-state index contributed by atoms with van der Waals surface area (Å²) in [5, 5.41) is 2.34. The van der Waals surface area contributed by atoms with Gasteiger partial charge in [0, 0.05) is 5.69 Å². The first-order valence-corrected chi connectivity index (χ1v) is 11.8. The van der Waals surface area contributed by atoms with Crippen LogP contribution in [0.5, 0.6) is 5.75 Å². The first kappa shape index (κ1) is 24.5. The third kappa shape index (κ3) is 6.29. The molecule has 0 atom stereocenters. The highest BCUT2D eigenvalue weighted by Gasteiger charge is 2.36. The smallest absolute Gasteiger partial charge is 0.294 e. The van der Waals surface area contributed by atoms with E-state index in [1.807, 2.05) is 31.2 Å². The maximum absolute atomic E-state index is 13.0. The number of thioether (sulfide) groups is 1. The minimum Gasteiger partial charge on any atom is -0.487 e. The van der Waals surface area contributed by atoms with Gasteiger partial charge in [-0.15, -0.1) is 0 Å². The Kier molecular flexibility index (Phi) is 7.53. The molecule has 1 saturated heterocycles. The van der Waals surface area contributed by atoms with Gasteiger partial charge in [-0.3, -0.25) is 19.3 Å². The Labute approximate surface area is 210 Å². The van der Waals surface area contributed by atoms with Gasteiger partial charge in [0.25, 0.3) is 11.1 Å². The van der Waals surface area contributed by atoms with E-state index in [-0.39, 0.29) is 4.91 Å². The molecule has 1 fully saturated rings. The number of hydrogen-bond acceptors (Lipinski definition) is 5. The second-order valence-electron chi connectivity index (χ2n) is 7.79. The van der Waals surface area contributed by atoms with Crippen LogP contribution in [0.3, 0.4) is 0 Å². The maximum Gasteiger partial charge on any atom is 0.294 e. The largest absolute Gasteiger partial charge is 0.487 e. The molecule has 3 aromatic rings. The molecule has 0 aliphatic carbocycles. The zero-order valence-corrected chi connectivity index (χ0v) is 20.2. The van der Waals surface area contributed by atoms with Crippen LogP contribution >= 0.6 is 23.4 Å². The second kappa shape index (κ2) is 10.8. The molecule has 3 aromatic carbocycles. The van der Waals surface area contributed by atoms with Crippen molar-refractivity contribution in [3.63, 3.8) is 0 Å². The second-order valence-corrected chi connectivity index (χ2v) is 9.19. The molecular formula is C26H20ClFN2O4S. The van der Waals surface area contributed by atoms with Crippen molar-refractivity contribution in [2.75, 3.05) is 11.9 Å². The van der Waals surface area contributed by atoms with Gasteiger partial charge in [0.1, 0.15) is 24.7 Å². The van der Waals surface area contributed by atoms with Crippen molar-refractivity contribution in [3.05, 3.63) is 99.2 Å². The standard InChI is InChI=1S/C26H20ClFN2O4S/c1-16-2-4-17(5-3-16)15-34-22-11-6-18(12-21(22)27)13-23-25(32)30(26(33)35-23)14-24(31)29-20-9-7-19(28)8-10-20/h2-13H,14-15H2,1H3,(H,29,31)/b23-13-. The number of hydrogen-bond donors (Lipinski definition) is 1. The third-order valence-corrected chi connectivity index (χ3v) is 6.27. The van der Waals surface area contributed by atoms with Crippen LogP contribution in [0.25, 0.3) is 6.08 Å². The average Bonchev–Trinajstić information content (AvgIpc) is 3.08. The maximum atomic E-state index is 13.0. The van der Waals surface area contributed by atoms with Crippen LogP contribution in [-0.2, 0) is 16.2 Å². The molecule has 3 amide bonds. The van der Waals surface area contributed by atoms with Crippen LogP contribution in [0.1, 0.15) is 16.7 Å². The molecule has 1 aliphatic heterocycles. The van der Waals surface area contributed by atoms with Crippen LogP contribution in [-0.4, -0.2) is 28.5 Å². The Balaban J connectivity index is 1.39. The molecule has 0 saturated carbocycles. The van der Waals surface area contributed by atoms with E-state index in [9.17, 15) is 18.8 Å². The first-order chi connectivity index (χ1) is 16.8. The average molecular weight is 511 g/mol. The van der Waals surface area contributed by atoms with Gasteiger partial charge in [-0.2, -0.15) is 0 Å². The van der Waals surface area contributed by atoms with Crippen molar-refractivity contribution in [1.29, 1.82) is 0 Å². The number of imide groups is 1. The molecule has 0 aromatic heterocycles. The number of carbonyl (C=O) groups is 3. The number of ether oxygens (including phenoxy) is 1. The lowest BCUT2D eigenvalue weighted by Crippen LogP contribution is -2.36. The van der Waals surface area contributed by atoms with E-state index in [1.54, 1.807) is 24.3 Å². The highest BCUT2D eigenvalue weighted by molar-refractivity contribution is 8.18. The summed E-state index contributed by atoms with van der Waals surface area (Å²) in [7, 11) is 0. The van der Waals surface area contributed by atoms with Crippen molar-refractivity contribution in [3.8, 4) is 5.75 Å². The quantitative estimate of drug-likeness (QED) is 0.392. The SMILES string of the molecule is Cc1ccc(COc2ccc(/C=C3\SC(=O)N(CC(=O)Nc4ccc(F)cc4)C3=O)cc2Cl)cc1. The fourth-order valence-electron chi connectivity index (χ4n) is 3.23. The van der Waals surface area contributed by atoms with E-state index in [4.69, 9.17) is 16.3 Å². The number of nitrogens with one attached hydrogen (secondary N) is 1. The molecule has 1 aliphatic rings. The Hall–Kier alpha value is -3.62. The summed E-state index contributed by atoms with van der Waals surface area (Å²) in [6.45, 7) is 1.92. The Morgan fingerprint density at radius 2 is 1.80 bits per heavy atom. The lowest BCUT2D eigenvalue weighted by Gasteiger charge is -2.12. The monoisotopic (exact) mass is 510 g/mol. The Bertz CT molecular complexity index is 1310. The van der Waals surface area contributed by atoms with Gasteiger partial charge in [0.2, 0.25) is 5.91 Å². The number of carbonyl (C=O) groups excluding carboxylic acids is 3. The molecule has 0 bridgehead atoms. The molecule has 1 N–H and O–H groups in total. The number of benzene rings is 3. The molecule has 35 heavy (non-hydrogen) atoms. The number of anilines is 1. The molecule has 0 spiro atoms. The summed E-state index contributed by atoms with van der Waals surface area (Å²) in [5.41, 5.74) is 3.14. The summed E-state index contributed by atoms with van der Waals surface area (Å²) in [5.74, 6) is -1.09. The van der Waals surface area contributed by atoms with Crippen molar-refractivity contribution < 1.29 is 23.5 Å². The normalized spacial score (nSPS) is 14.5. The van der Waals surface area contributed by atoms with E-state index in [2.05, 4.69) is 5.32 Å². The molecule has 0 unspecified atom stereocenters. The summed E-state index contributed by atoms with van der Waals surface area (Å²) in [6, 6.07) is 18.2. The zero-order valence-electron chi connectivity index (χ0n) is 18.6. The first-order valence-electron chi connectivity index (χ1n) is 10.6. The van der Waals surface area contributed by atoms with Crippen LogP contribution in [0, 0.1) is 12.7 Å². The third-order valence-electron chi connectivity index (χ3n) is 5.07. The van der Waals surface area contributed by atoms with Crippen molar-refractivity contribution in [2.24, 2.45) is 0 Å². The van der Waals surface area contributed by atoms with E-state index >= 15 is 0 Å². The van der Waals surface area contributed by atoms with Gasteiger partial charge < -0.3 is 10.1 Å². The van der Waals surface area contributed by atoms with E-state index in [0.29, 0.717) is 28.6 Å². The fourth-order valence-corrected chi connectivity index (χ4v) is 4.32. The topological polar surface area (TPSA) is 75.7 Å². The number of nitrogens with zero attached hydrogens (tertiary/aromatic N) is 1. The predicted octanol–water partition coefficient (Wildman–Crippen LogP) is 6.04. The molecule has 1 heterocycles. The van der Waals surface area contributed by atoms with E-state index in [1.165, 1.54) is 24.3 Å². The molecule has 178 valence electrons. The summed E-state index contributed by atoms with van der Waals surface area (Å²) in [6.07, 6.45) is 1.54. The lowest BCUT2D eigenvalue weighted by atomic mass is 10.1. The molecular weight excluding hydrogens is 491 g/mol. The molecule has 6 nitrogen and oxygen atoms in total. The van der Waals surface area contributed by atoms with Crippen LogP contribution in [0.2, 0.25) is 5.02 Å². The number of halogens is 2. The van der Waals surface area contributed by atoms with Crippen LogP contribution < -0.4 is 10.1 Å². The van der Waals surface area contributed by atoms with Gasteiger partial charge >= 0.3 is 0 Å². The van der Waals surface area contributed by atoms with Gasteiger partial charge in [0.05, 0.1) is 9.93 Å². The van der Waals surface area contributed by atoms with Crippen molar-refractivity contribution in [2.45, 2.75) is 13.5 Å². The molecule has 0 radical (unpaired) electrons. The Morgan fingerprint density at radius 3 is 2.49 bits per heavy atom. The summed E-state index contributed by atoms with van der Waals surface area (Å²) >= 11 is 7.10. The lowest BCUT2D eigenvalue weighted by molar-refractivity contribution is -0.127. The number of aryl methyl sites for hydroxylation is 1. The number of rotatable bonds is 7. The van der Waals surface area contributed by atoms with Gasteiger partial charge in [-0.25, -0.2) is 4.39 Å². The van der Waals surface area contributed by atoms with Gasteiger partial charge in [-0.05, 0) is 72.3 Å². The van der Waals surface area contributed by atoms with Gasteiger partial charge in [0.15, 0.2) is 0 Å². The van der Waals surface area contributed by atoms with Crippen LogP contribution in [0.4, 0.5) is 14.9 Å². The predicted molar refractivity (Wildman–Crippen MR) is 135 cm³/mol. The fraction of sp³-hybridized carbons (Fsp3) is 0.115. The molecule has 9 heteroatoms. The Morgan fingerprint density at radius 1 is 1.09 bits per heavy atom. The summed E-state index contributed by atoms with van der Waals surface area (Å²) < 4.78 is 18.8. The minimum atomic E-state index is -0.579. The highest BCUT2D eigenvalue weighted by Crippen LogP contribution is 2.34. The highest BCUT2D eigenvalue weighted by atomic mass is 35.5. The minimum absolute atomic E-state index is 0.175. The van der Waals surface area contributed by atoms with Gasteiger partial charge in [-0.1, -0.05) is 47.5 Å². The van der Waals surface area contributed by atoms with E-state index < -0.39 is 29.4 Å². The van der Waals surface area contributed by atoms with Crippen LogP contribution in [0.15, 0.2) is 71.6 Å². The van der Waals surface area contributed by atoms with E-state index in [0.717, 1.165) is 27.8 Å². The molecule has 4 rings (SSSR count). The zero-order chi connectivity index (χ0) is 24.9.